The zero-order valence-electron chi connectivity index (χ0n) is 9.63. The lowest BCUT2D eigenvalue weighted by molar-refractivity contribution is 0.949. The van der Waals surface area contributed by atoms with Crippen LogP contribution in [0.3, 0.4) is 0 Å². The van der Waals surface area contributed by atoms with Crippen molar-refractivity contribution in [1.82, 2.24) is 0 Å². The Balaban J connectivity index is 2.12. The highest BCUT2D eigenvalue weighted by molar-refractivity contribution is 9.10. The highest BCUT2D eigenvalue weighted by Gasteiger charge is 2.41. The summed E-state index contributed by atoms with van der Waals surface area (Å²) in [5, 5.41) is 3.47. The van der Waals surface area contributed by atoms with E-state index in [2.05, 4.69) is 27.5 Å². The molecule has 0 spiro atoms. The number of rotatable bonds is 5. The standard InChI is InChI=1S/C12H15BrN2S2/c1-17-12(4-5-12)7-15-10-3-2-8(13)6-9(10)11(14)16/h2-3,6,15H,4-5,7H2,1H3,(H2,14,16). The minimum atomic E-state index is 0.431. The summed E-state index contributed by atoms with van der Waals surface area (Å²) in [5.74, 6) is 0. The van der Waals surface area contributed by atoms with E-state index >= 15 is 0 Å². The number of anilines is 1. The summed E-state index contributed by atoms with van der Waals surface area (Å²) in [5.41, 5.74) is 7.67. The van der Waals surface area contributed by atoms with E-state index in [1.807, 2.05) is 30.0 Å². The molecule has 1 aliphatic rings. The van der Waals surface area contributed by atoms with E-state index in [4.69, 9.17) is 18.0 Å². The van der Waals surface area contributed by atoms with Crippen molar-refractivity contribution in [3.8, 4) is 0 Å². The Labute approximate surface area is 120 Å². The van der Waals surface area contributed by atoms with Crippen LogP contribution in [0.5, 0.6) is 0 Å². The molecule has 17 heavy (non-hydrogen) atoms. The van der Waals surface area contributed by atoms with Crippen molar-refractivity contribution >= 4 is 50.6 Å². The number of hydrogen-bond acceptors (Lipinski definition) is 3. The van der Waals surface area contributed by atoms with Gasteiger partial charge >= 0.3 is 0 Å². The number of nitrogens with one attached hydrogen (secondary N) is 1. The lowest BCUT2D eigenvalue weighted by atomic mass is 10.1. The van der Waals surface area contributed by atoms with Crippen LogP contribution in [0, 0.1) is 0 Å². The van der Waals surface area contributed by atoms with E-state index in [0.717, 1.165) is 22.3 Å². The lowest BCUT2D eigenvalue weighted by Gasteiger charge is -2.16. The van der Waals surface area contributed by atoms with Gasteiger partial charge in [0.05, 0.1) is 0 Å². The zero-order valence-corrected chi connectivity index (χ0v) is 12.8. The highest BCUT2D eigenvalue weighted by atomic mass is 79.9. The van der Waals surface area contributed by atoms with Gasteiger partial charge in [0.2, 0.25) is 0 Å². The molecule has 1 aliphatic carbocycles. The molecule has 3 N–H and O–H groups in total. The van der Waals surface area contributed by atoms with E-state index in [9.17, 15) is 0 Å². The van der Waals surface area contributed by atoms with Crippen LogP contribution in [-0.2, 0) is 0 Å². The molecule has 0 radical (unpaired) electrons. The van der Waals surface area contributed by atoms with E-state index in [-0.39, 0.29) is 0 Å². The number of nitrogens with two attached hydrogens (primary N) is 1. The van der Waals surface area contributed by atoms with Gasteiger partial charge < -0.3 is 11.1 Å². The van der Waals surface area contributed by atoms with Crippen molar-refractivity contribution in [1.29, 1.82) is 0 Å². The maximum atomic E-state index is 5.74. The largest absolute Gasteiger partial charge is 0.389 e. The molecule has 0 aromatic heterocycles. The minimum absolute atomic E-state index is 0.431. The van der Waals surface area contributed by atoms with E-state index in [1.165, 1.54) is 12.8 Å². The fourth-order valence-electron chi connectivity index (χ4n) is 1.72. The molecular formula is C12H15BrN2S2. The van der Waals surface area contributed by atoms with Gasteiger partial charge in [-0.1, -0.05) is 28.1 Å². The van der Waals surface area contributed by atoms with Crippen molar-refractivity contribution < 1.29 is 0 Å². The van der Waals surface area contributed by atoms with Gasteiger partial charge in [0, 0.05) is 27.0 Å². The molecule has 0 aliphatic heterocycles. The average molecular weight is 331 g/mol. The minimum Gasteiger partial charge on any atom is -0.389 e. The number of hydrogen-bond donors (Lipinski definition) is 2. The Bertz CT molecular complexity index is 444. The predicted molar refractivity (Wildman–Crippen MR) is 84.0 cm³/mol. The van der Waals surface area contributed by atoms with Gasteiger partial charge in [0.1, 0.15) is 4.99 Å². The fraction of sp³-hybridized carbons (Fsp3) is 0.417. The molecule has 1 aromatic rings. The summed E-state index contributed by atoms with van der Waals surface area (Å²) >= 11 is 10.4. The van der Waals surface area contributed by atoms with E-state index in [1.54, 1.807) is 0 Å². The van der Waals surface area contributed by atoms with Crippen molar-refractivity contribution in [3.63, 3.8) is 0 Å². The second-order valence-electron chi connectivity index (χ2n) is 4.29. The number of thiocarbonyl (C=S) groups is 1. The van der Waals surface area contributed by atoms with Crippen molar-refractivity contribution in [3.05, 3.63) is 28.2 Å². The quantitative estimate of drug-likeness (QED) is 0.811. The zero-order chi connectivity index (χ0) is 12.5. The van der Waals surface area contributed by atoms with Gasteiger partial charge in [-0.25, -0.2) is 0 Å². The van der Waals surface area contributed by atoms with Crippen LogP contribution in [-0.4, -0.2) is 22.5 Å². The molecule has 1 fully saturated rings. The Morgan fingerprint density at radius 3 is 2.82 bits per heavy atom. The summed E-state index contributed by atoms with van der Waals surface area (Å²) in [6.45, 7) is 0.978. The molecule has 1 aromatic carbocycles. The third-order valence-corrected chi connectivity index (χ3v) is 5.22. The van der Waals surface area contributed by atoms with Gasteiger partial charge in [0.15, 0.2) is 0 Å². The predicted octanol–water partition coefficient (Wildman–Crippen LogP) is 3.39. The highest BCUT2D eigenvalue weighted by Crippen LogP contribution is 2.47. The van der Waals surface area contributed by atoms with E-state index in [0.29, 0.717) is 9.74 Å². The number of benzene rings is 1. The topological polar surface area (TPSA) is 38.0 Å². The summed E-state index contributed by atoms with van der Waals surface area (Å²) in [6, 6.07) is 5.99. The van der Waals surface area contributed by atoms with Crippen LogP contribution in [0.2, 0.25) is 0 Å². The van der Waals surface area contributed by atoms with Crippen molar-refractivity contribution in [2.45, 2.75) is 17.6 Å². The summed E-state index contributed by atoms with van der Waals surface area (Å²) < 4.78 is 1.43. The maximum absolute atomic E-state index is 5.74. The monoisotopic (exact) mass is 330 g/mol. The third kappa shape index (κ3) is 3.14. The molecule has 0 atom stereocenters. The first-order valence-electron chi connectivity index (χ1n) is 5.45. The second-order valence-corrected chi connectivity index (χ2v) is 6.92. The second kappa shape index (κ2) is 5.16. The summed E-state index contributed by atoms with van der Waals surface area (Å²) in [7, 11) is 0. The molecular weight excluding hydrogens is 316 g/mol. The molecule has 0 unspecified atom stereocenters. The van der Waals surface area contributed by atoms with Crippen LogP contribution in [0.1, 0.15) is 18.4 Å². The lowest BCUT2D eigenvalue weighted by Crippen LogP contribution is -2.20. The molecule has 0 saturated heterocycles. The van der Waals surface area contributed by atoms with Gasteiger partial charge in [-0.15, -0.1) is 0 Å². The molecule has 0 amide bonds. The Morgan fingerprint density at radius 1 is 1.59 bits per heavy atom. The van der Waals surface area contributed by atoms with Gasteiger partial charge in [-0.3, -0.25) is 0 Å². The Morgan fingerprint density at radius 2 is 2.29 bits per heavy atom. The Kier molecular flexibility index (Phi) is 4.00. The van der Waals surface area contributed by atoms with Gasteiger partial charge in [-0.05, 0) is 37.3 Å². The van der Waals surface area contributed by atoms with Gasteiger partial charge in [-0.2, -0.15) is 11.8 Å². The molecule has 2 rings (SSSR count). The van der Waals surface area contributed by atoms with Crippen molar-refractivity contribution in [2.24, 2.45) is 5.73 Å². The Hall–Kier alpha value is -0.260. The van der Waals surface area contributed by atoms with E-state index < -0.39 is 0 Å². The molecule has 5 heteroatoms. The van der Waals surface area contributed by atoms with Crippen LogP contribution in [0.4, 0.5) is 5.69 Å². The average Bonchev–Trinajstić information content (AvgIpc) is 3.08. The maximum Gasteiger partial charge on any atom is 0.106 e. The van der Waals surface area contributed by atoms with Crippen LogP contribution >= 0.6 is 39.9 Å². The number of halogens is 1. The fourth-order valence-corrected chi connectivity index (χ4v) is 2.98. The van der Waals surface area contributed by atoms with Crippen LogP contribution < -0.4 is 11.1 Å². The third-order valence-electron chi connectivity index (χ3n) is 3.09. The SMILES string of the molecule is CSC1(CNc2ccc(Br)cc2C(N)=S)CC1. The normalized spacial score (nSPS) is 16.6. The molecule has 2 nitrogen and oxygen atoms in total. The first kappa shape index (κ1) is 13.2. The molecule has 0 heterocycles. The summed E-state index contributed by atoms with van der Waals surface area (Å²) in [6.07, 6.45) is 4.75. The first-order valence-corrected chi connectivity index (χ1v) is 7.87. The summed E-state index contributed by atoms with van der Waals surface area (Å²) in [4.78, 5) is 0.433. The van der Waals surface area contributed by atoms with Gasteiger partial charge in [0.25, 0.3) is 0 Å². The number of thioether (sulfide) groups is 1. The molecule has 92 valence electrons. The first-order chi connectivity index (χ1) is 8.06. The molecule has 1 saturated carbocycles. The smallest absolute Gasteiger partial charge is 0.106 e. The van der Waals surface area contributed by atoms with Crippen LogP contribution in [0.25, 0.3) is 0 Å². The molecule has 0 bridgehead atoms. The van der Waals surface area contributed by atoms with Crippen LogP contribution in [0.15, 0.2) is 22.7 Å². The van der Waals surface area contributed by atoms with Crippen molar-refractivity contribution in [2.75, 3.05) is 18.1 Å².